The minimum absolute atomic E-state index is 0.134. The minimum Gasteiger partial charge on any atom is -0.383 e. The van der Waals surface area contributed by atoms with Gasteiger partial charge in [0.15, 0.2) is 0 Å². The van der Waals surface area contributed by atoms with Crippen molar-refractivity contribution in [3.05, 3.63) is 28.7 Å². The number of hydrogen-bond acceptors (Lipinski definition) is 3. The van der Waals surface area contributed by atoms with E-state index in [0.717, 1.165) is 15.9 Å². The number of rotatable bonds is 7. The molecule has 0 spiro atoms. The lowest BCUT2D eigenvalue weighted by atomic mass is 10.3. The van der Waals surface area contributed by atoms with Gasteiger partial charge in [-0.05, 0) is 30.8 Å². The molecule has 0 radical (unpaired) electrons. The molecule has 0 saturated carbocycles. The molecule has 0 aliphatic carbocycles. The lowest BCUT2D eigenvalue weighted by molar-refractivity contribution is 0.174. The van der Waals surface area contributed by atoms with E-state index in [4.69, 9.17) is 4.74 Å². The van der Waals surface area contributed by atoms with Crippen LogP contribution in [0, 0.1) is 0 Å². The molecule has 3 nitrogen and oxygen atoms in total. The van der Waals surface area contributed by atoms with Gasteiger partial charge in [-0.1, -0.05) is 22.9 Å². The van der Waals surface area contributed by atoms with E-state index in [1.54, 1.807) is 7.11 Å². The van der Waals surface area contributed by atoms with Gasteiger partial charge in [0.2, 0.25) is 0 Å². The predicted octanol–water partition coefficient (Wildman–Crippen LogP) is 2.18. The molecule has 5 heteroatoms. The maximum Gasteiger partial charge on any atom is 0.0624 e. The van der Waals surface area contributed by atoms with Gasteiger partial charge in [0.25, 0.3) is 0 Å². The van der Waals surface area contributed by atoms with Gasteiger partial charge in [0.1, 0.15) is 0 Å². The summed E-state index contributed by atoms with van der Waals surface area (Å²) in [5, 5.41) is 3.27. The Balaban J connectivity index is 2.60. The second-order valence-electron chi connectivity index (χ2n) is 3.68. The Bertz CT molecular complexity index is 350. The van der Waals surface area contributed by atoms with Crippen LogP contribution in [0.3, 0.4) is 0 Å². The highest BCUT2D eigenvalue weighted by molar-refractivity contribution is 9.10. The number of ether oxygens (including phenoxy) is 1. The molecule has 0 heterocycles. The van der Waals surface area contributed by atoms with Crippen molar-refractivity contribution in [1.29, 1.82) is 0 Å². The van der Waals surface area contributed by atoms with E-state index in [-0.39, 0.29) is 6.04 Å². The highest BCUT2D eigenvalue weighted by Crippen LogP contribution is 2.14. The van der Waals surface area contributed by atoms with Gasteiger partial charge in [-0.2, -0.15) is 0 Å². The quantitative estimate of drug-likeness (QED) is 0.837. The largest absolute Gasteiger partial charge is 0.383 e. The smallest absolute Gasteiger partial charge is 0.0624 e. The molecule has 0 amide bonds. The summed E-state index contributed by atoms with van der Waals surface area (Å²) < 4.78 is 18.2. The Morgan fingerprint density at radius 3 is 2.59 bits per heavy atom. The van der Waals surface area contributed by atoms with E-state index in [0.29, 0.717) is 12.4 Å². The first-order chi connectivity index (χ1) is 8.17. The molecule has 1 rings (SSSR count). The molecule has 0 aromatic heterocycles. The minimum atomic E-state index is -0.988. The number of halogens is 1. The van der Waals surface area contributed by atoms with Gasteiger partial charge < -0.3 is 10.1 Å². The molecule has 17 heavy (non-hydrogen) atoms. The summed E-state index contributed by atoms with van der Waals surface area (Å²) in [4.78, 5) is 0.854. The van der Waals surface area contributed by atoms with Crippen LogP contribution < -0.4 is 5.32 Å². The zero-order chi connectivity index (χ0) is 12.7. The molecule has 0 aliphatic heterocycles. The van der Waals surface area contributed by atoms with Crippen LogP contribution in [0.1, 0.15) is 6.92 Å². The Kier molecular flexibility index (Phi) is 6.96. The Morgan fingerprint density at radius 1 is 1.41 bits per heavy atom. The van der Waals surface area contributed by atoms with Crippen molar-refractivity contribution in [1.82, 2.24) is 5.32 Å². The van der Waals surface area contributed by atoms with Gasteiger partial charge in [0, 0.05) is 28.3 Å². The van der Waals surface area contributed by atoms with Crippen LogP contribution in [-0.2, 0) is 15.5 Å². The number of hydrogen-bond donors (Lipinski definition) is 1. The zero-order valence-corrected chi connectivity index (χ0v) is 12.5. The third-order valence-electron chi connectivity index (χ3n) is 2.29. The highest BCUT2D eigenvalue weighted by Gasteiger charge is 2.12. The van der Waals surface area contributed by atoms with Gasteiger partial charge in [-0.25, -0.2) is 0 Å². The third-order valence-corrected chi connectivity index (χ3v) is 4.32. The normalized spacial score (nSPS) is 14.5. The molecule has 0 aliphatic rings. The summed E-state index contributed by atoms with van der Waals surface area (Å²) in [6.45, 7) is 3.47. The van der Waals surface area contributed by atoms with Crippen molar-refractivity contribution >= 4 is 26.7 Å². The monoisotopic (exact) mass is 319 g/mol. The highest BCUT2D eigenvalue weighted by atomic mass is 79.9. The average Bonchev–Trinajstić information content (AvgIpc) is 2.30. The summed E-state index contributed by atoms with van der Waals surface area (Å²) in [6.07, 6.45) is 0. The van der Waals surface area contributed by atoms with Gasteiger partial charge in [-0.3, -0.25) is 4.21 Å². The number of likely N-dealkylation sites (N-methyl/N-ethyl adjacent to an activating group) is 1. The molecule has 96 valence electrons. The van der Waals surface area contributed by atoms with E-state index < -0.39 is 10.8 Å². The maximum absolute atomic E-state index is 12.1. The van der Waals surface area contributed by atoms with Crippen molar-refractivity contribution in [2.24, 2.45) is 0 Å². The van der Waals surface area contributed by atoms with Crippen LogP contribution in [0.5, 0.6) is 0 Å². The fourth-order valence-corrected chi connectivity index (χ4v) is 3.00. The summed E-state index contributed by atoms with van der Waals surface area (Å²) in [5.74, 6) is 0.573. The zero-order valence-electron chi connectivity index (χ0n) is 10.1. The van der Waals surface area contributed by atoms with Crippen molar-refractivity contribution < 1.29 is 8.95 Å². The Labute approximate surface area is 114 Å². The molecule has 0 fully saturated rings. The summed E-state index contributed by atoms with van der Waals surface area (Å²) in [7, 11) is 0.672. The third kappa shape index (κ3) is 5.29. The summed E-state index contributed by atoms with van der Waals surface area (Å²) >= 11 is 3.36. The van der Waals surface area contributed by atoms with E-state index in [2.05, 4.69) is 21.2 Å². The molecule has 2 unspecified atom stereocenters. The van der Waals surface area contributed by atoms with Crippen LogP contribution in [0.15, 0.2) is 33.6 Å². The van der Waals surface area contributed by atoms with Gasteiger partial charge in [0.05, 0.1) is 17.4 Å². The van der Waals surface area contributed by atoms with Gasteiger partial charge >= 0.3 is 0 Å². The topological polar surface area (TPSA) is 38.3 Å². The van der Waals surface area contributed by atoms with Crippen molar-refractivity contribution in [3.8, 4) is 0 Å². The van der Waals surface area contributed by atoms with Crippen molar-refractivity contribution in [3.63, 3.8) is 0 Å². The Morgan fingerprint density at radius 2 is 2.06 bits per heavy atom. The molecule has 1 N–H and O–H groups in total. The first-order valence-electron chi connectivity index (χ1n) is 5.53. The first-order valence-corrected chi connectivity index (χ1v) is 7.64. The second-order valence-corrected chi connectivity index (χ2v) is 6.09. The second kappa shape index (κ2) is 7.97. The fourth-order valence-electron chi connectivity index (χ4n) is 1.52. The van der Waals surface area contributed by atoms with Gasteiger partial charge in [-0.15, -0.1) is 0 Å². The number of methoxy groups -OCH3 is 1. The Hall–Kier alpha value is -0.230. The molecule has 1 aromatic carbocycles. The van der Waals surface area contributed by atoms with Crippen molar-refractivity contribution in [2.75, 3.05) is 26.0 Å². The molecule has 1 aromatic rings. The van der Waals surface area contributed by atoms with Crippen LogP contribution >= 0.6 is 15.9 Å². The SMILES string of the molecule is CCNC(COC)CS(=O)c1ccc(Br)cc1. The molecular formula is C12H18BrNO2S. The van der Waals surface area contributed by atoms with Crippen LogP contribution in [-0.4, -0.2) is 36.3 Å². The summed E-state index contributed by atoms with van der Waals surface area (Å²) in [5.41, 5.74) is 0. The van der Waals surface area contributed by atoms with E-state index in [1.807, 2.05) is 31.2 Å². The standard InChI is InChI=1S/C12H18BrNO2S/c1-3-14-11(8-16-2)9-17(15)12-6-4-10(13)5-7-12/h4-7,11,14H,3,8-9H2,1-2H3. The molecule has 2 atom stereocenters. The van der Waals surface area contributed by atoms with Crippen molar-refractivity contribution in [2.45, 2.75) is 17.9 Å². The fraction of sp³-hybridized carbons (Fsp3) is 0.500. The molecule has 0 saturated heterocycles. The molecular weight excluding hydrogens is 302 g/mol. The predicted molar refractivity (Wildman–Crippen MR) is 74.8 cm³/mol. The maximum atomic E-state index is 12.1. The van der Waals surface area contributed by atoms with E-state index in [9.17, 15) is 4.21 Å². The van der Waals surface area contributed by atoms with Crippen LogP contribution in [0.4, 0.5) is 0 Å². The lowest BCUT2D eigenvalue weighted by Gasteiger charge is -2.16. The summed E-state index contributed by atoms with van der Waals surface area (Å²) in [6, 6.07) is 7.72. The van der Waals surface area contributed by atoms with Crippen LogP contribution in [0.2, 0.25) is 0 Å². The lowest BCUT2D eigenvalue weighted by Crippen LogP contribution is -2.37. The average molecular weight is 320 g/mol. The number of benzene rings is 1. The van der Waals surface area contributed by atoms with E-state index >= 15 is 0 Å². The van der Waals surface area contributed by atoms with Crippen LogP contribution in [0.25, 0.3) is 0 Å². The number of nitrogens with one attached hydrogen (secondary N) is 1. The van der Waals surface area contributed by atoms with E-state index in [1.165, 1.54) is 0 Å². The first kappa shape index (κ1) is 14.8. The molecule has 0 bridgehead atoms.